The number of carbonyl (C=O) groups is 2. The van der Waals surface area contributed by atoms with E-state index < -0.39 is 23.7 Å². The Morgan fingerprint density at radius 3 is 2.45 bits per heavy atom. The highest BCUT2D eigenvalue weighted by Crippen LogP contribution is 2.22. The minimum absolute atomic E-state index is 0.238. The number of alkyl carbamates (subject to hydrolysis) is 1. The number of amides is 1. The molecule has 0 aliphatic rings. The minimum atomic E-state index is -1.02. The largest absolute Gasteiger partial charge is 0.481 e. The van der Waals surface area contributed by atoms with Crippen molar-refractivity contribution in [2.75, 3.05) is 0 Å². The Morgan fingerprint density at radius 2 is 1.95 bits per heavy atom. The predicted octanol–water partition coefficient (Wildman–Crippen LogP) is 3.90. The molecule has 1 aromatic carbocycles. The van der Waals surface area contributed by atoms with Crippen molar-refractivity contribution in [2.24, 2.45) is 0 Å². The summed E-state index contributed by atoms with van der Waals surface area (Å²) in [7, 11) is 0. The molecule has 0 heterocycles. The number of carboxylic acids is 1. The molecule has 2 N–H and O–H groups in total. The van der Waals surface area contributed by atoms with Gasteiger partial charge in [-0.05, 0) is 44.9 Å². The van der Waals surface area contributed by atoms with Crippen molar-refractivity contribution < 1.29 is 19.4 Å². The second kappa shape index (κ2) is 7.70. The van der Waals surface area contributed by atoms with Crippen LogP contribution in [-0.2, 0) is 16.0 Å². The summed E-state index contributed by atoms with van der Waals surface area (Å²) in [5.41, 5.74) is 0.0452. The van der Waals surface area contributed by atoms with Crippen LogP contribution in [0.4, 0.5) is 4.79 Å². The summed E-state index contributed by atoms with van der Waals surface area (Å²) in [6, 6.07) is 4.31. The number of carboxylic acid groups (broad SMARTS) is 1. The zero-order valence-corrected chi connectivity index (χ0v) is 14.2. The topological polar surface area (TPSA) is 75.6 Å². The molecule has 0 saturated carbocycles. The van der Waals surface area contributed by atoms with Crippen LogP contribution in [0.25, 0.3) is 0 Å². The van der Waals surface area contributed by atoms with Crippen LogP contribution in [0, 0.1) is 0 Å². The number of ether oxygens (including phenoxy) is 1. The van der Waals surface area contributed by atoms with Gasteiger partial charge < -0.3 is 15.2 Å². The van der Waals surface area contributed by atoms with Gasteiger partial charge in [0.05, 0.1) is 6.42 Å². The lowest BCUT2D eigenvalue weighted by Crippen LogP contribution is -2.41. The maximum atomic E-state index is 11.8. The molecule has 1 aromatic rings. The molecule has 122 valence electrons. The average Bonchev–Trinajstić information content (AvgIpc) is 2.29. The molecule has 1 atom stereocenters. The zero-order valence-electron chi connectivity index (χ0n) is 12.7. The van der Waals surface area contributed by atoms with Crippen LogP contribution in [-0.4, -0.2) is 28.8 Å². The second-order valence-electron chi connectivity index (χ2n) is 5.88. The molecule has 0 aliphatic carbocycles. The van der Waals surface area contributed by atoms with E-state index in [-0.39, 0.29) is 12.8 Å². The smallest absolute Gasteiger partial charge is 0.407 e. The quantitative estimate of drug-likeness (QED) is 0.846. The number of hydrogen-bond acceptors (Lipinski definition) is 3. The van der Waals surface area contributed by atoms with Gasteiger partial charge in [0.2, 0.25) is 0 Å². The summed E-state index contributed by atoms with van der Waals surface area (Å²) in [6.45, 7) is 5.19. The number of nitrogens with one attached hydrogen (secondary N) is 1. The normalized spacial score (nSPS) is 12.6. The summed E-state index contributed by atoms with van der Waals surface area (Å²) in [5.74, 6) is -1.02. The zero-order chi connectivity index (χ0) is 16.9. The third-order valence-corrected chi connectivity index (χ3v) is 3.21. The van der Waals surface area contributed by atoms with Crippen molar-refractivity contribution in [2.45, 2.75) is 45.3 Å². The molecule has 0 spiro atoms. The van der Waals surface area contributed by atoms with Crippen LogP contribution in [0.1, 0.15) is 32.8 Å². The summed E-state index contributed by atoms with van der Waals surface area (Å²) < 4.78 is 5.14. The molecule has 0 radical (unpaired) electrons. The van der Waals surface area contributed by atoms with Gasteiger partial charge in [0.15, 0.2) is 0 Å². The van der Waals surface area contributed by atoms with Crippen molar-refractivity contribution in [3.63, 3.8) is 0 Å². The maximum absolute atomic E-state index is 11.8. The van der Waals surface area contributed by atoms with Crippen LogP contribution in [0.15, 0.2) is 18.2 Å². The summed E-state index contributed by atoms with van der Waals surface area (Å²) in [5, 5.41) is 12.5. The van der Waals surface area contributed by atoms with Gasteiger partial charge in [-0.15, -0.1) is 0 Å². The van der Waals surface area contributed by atoms with Crippen LogP contribution in [0.5, 0.6) is 0 Å². The Balaban J connectivity index is 2.80. The number of halogens is 2. The fraction of sp³-hybridized carbons (Fsp3) is 0.467. The first-order valence-electron chi connectivity index (χ1n) is 6.72. The number of carbonyl (C=O) groups excluding carboxylic acids is 1. The molecular weight excluding hydrogens is 329 g/mol. The Bertz CT molecular complexity index is 555. The van der Waals surface area contributed by atoms with Gasteiger partial charge in [-0.3, -0.25) is 4.79 Å². The number of hydrogen-bond donors (Lipinski definition) is 2. The number of rotatable bonds is 5. The fourth-order valence-electron chi connectivity index (χ4n) is 1.81. The van der Waals surface area contributed by atoms with Crippen LogP contribution in [0.3, 0.4) is 0 Å². The maximum Gasteiger partial charge on any atom is 0.407 e. The van der Waals surface area contributed by atoms with Crippen molar-refractivity contribution in [3.8, 4) is 0 Å². The monoisotopic (exact) mass is 347 g/mol. The molecule has 5 nitrogen and oxygen atoms in total. The molecule has 0 bridgehead atoms. The van der Waals surface area contributed by atoms with Gasteiger partial charge in [0, 0.05) is 16.1 Å². The van der Waals surface area contributed by atoms with E-state index in [1.807, 2.05) is 0 Å². The molecule has 22 heavy (non-hydrogen) atoms. The van der Waals surface area contributed by atoms with E-state index in [4.69, 9.17) is 33.0 Å². The van der Waals surface area contributed by atoms with Crippen molar-refractivity contribution in [1.82, 2.24) is 5.32 Å². The summed E-state index contributed by atoms with van der Waals surface area (Å²) in [6.07, 6.45) is -0.636. The van der Waals surface area contributed by atoms with E-state index in [1.54, 1.807) is 39.0 Å². The first-order chi connectivity index (χ1) is 10.1. The van der Waals surface area contributed by atoms with Crippen LogP contribution >= 0.6 is 23.2 Å². The van der Waals surface area contributed by atoms with E-state index >= 15 is 0 Å². The van der Waals surface area contributed by atoms with Gasteiger partial charge in [0.25, 0.3) is 0 Å². The van der Waals surface area contributed by atoms with E-state index in [1.165, 1.54) is 0 Å². The first kappa shape index (κ1) is 18.6. The van der Waals surface area contributed by atoms with E-state index in [2.05, 4.69) is 5.32 Å². The molecule has 0 aromatic heterocycles. The predicted molar refractivity (Wildman–Crippen MR) is 85.6 cm³/mol. The Morgan fingerprint density at radius 1 is 1.32 bits per heavy atom. The Labute approximate surface area is 139 Å². The first-order valence-corrected chi connectivity index (χ1v) is 7.47. The standard InChI is InChI=1S/C15H19Cl2NO4/c1-15(2,3)22-14(21)18-11(8-13(19)20)6-9-4-5-10(16)7-12(9)17/h4-5,7,11H,6,8H2,1-3H3,(H,18,21)(H,19,20). The van der Waals surface area contributed by atoms with Crippen LogP contribution in [0.2, 0.25) is 10.0 Å². The highest BCUT2D eigenvalue weighted by Gasteiger charge is 2.22. The van der Waals surface area contributed by atoms with Crippen molar-refractivity contribution >= 4 is 35.3 Å². The molecule has 0 fully saturated rings. The molecule has 7 heteroatoms. The van der Waals surface area contributed by atoms with Crippen LogP contribution < -0.4 is 5.32 Å². The highest BCUT2D eigenvalue weighted by molar-refractivity contribution is 6.35. The van der Waals surface area contributed by atoms with Crippen molar-refractivity contribution in [1.29, 1.82) is 0 Å². The van der Waals surface area contributed by atoms with E-state index in [0.717, 1.165) is 0 Å². The van der Waals surface area contributed by atoms with Gasteiger partial charge in [0.1, 0.15) is 5.60 Å². The molecule has 0 saturated heterocycles. The van der Waals surface area contributed by atoms with E-state index in [0.29, 0.717) is 15.6 Å². The molecular formula is C15H19Cl2NO4. The third-order valence-electron chi connectivity index (χ3n) is 2.62. The van der Waals surface area contributed by atoms with Gasteiger partial charge >= 0.3 is 12.1 Å². The fourth-order valence-corrected chi connectivity index (χ4v) is 2.30. The average molecular weight is 348 g/mol. The molecule has 1 rings (SSSR count). The third kappa shape index (κ3) is 7.00. The van der Waals surface area contributed by atoms with Gasteiger partial charge in [-0.25, -0.2) is 4.79 Å². The molecule has 0 aliphatic heterocycles. The number of aliphatic carboxylic acids is 1. The second-order valence-corrected chi connectivity index (χ2v) is 6.72. The lowest BCUT2D eigenvalue weighted by Gasteiger charge is -2.23. The minimum Gasteiger partial charge on any atom is -0.481 e. The van der Waals surface area contributed by atoms with E-state index in [9.17, 15) is 9.59 Å². The molecule has 1 amide bonds. The lowest BCUT2D eigenvalue weighted by molar-refractivity contribution is -0.137. The summed E-state index contributed by atoms with van der Waals surface area (Å²) >= 11 is 11.9. The number of benzene rings is 1. The SMILES string of the molecule is CC(C)(C)OC(=O)NC(CC(=O)O)Cc1ccc(Cl)cc1Cl. The van der Waals surface area contributed by atoms with Gasteiger partial charge in [-0.1, -0.05) is 29.3 Å². The molecule has 1 unspecified atom stereocenters. The Hall–Kier alpha value is -1.46. The van der Waals surface area contributed by atoms with Gasteiger partial charge in [-0.2, -0.15) is 0 Å². The lowest BCUT2D eigenvalue weighted by atomic mass is 10.0. The Kier molecular flexibility index (Phi) is 6.50. The highest BCUT2D eigenvalue weighted by atomic mass is 35.5. The summed E-state index contributed by atoms with van der Waals surface area (Å²) in [4.78, 5) is 22.8. The van der Waals surface area contributed by atoms with Crippen molar-refractivity contribution in [3.05, 3.63) is 33.8 Å².